The number of rotatable bonds is 5. The van der Waals surface area contributed by atoms with Gasteiger partial charge >= 0.3 is 0 Å². The lowest BCUT2D eigenvalue weighted by molar-refractivity contribution is 0.179. The molecule has 0 amide bonds. The highest BCUT2D eigenvalue weighted by atomic mass is 32.2. The predicted octanol–water partition coefficient (Wildman–Crippen LogP) is 1.61. The van der Waals surface area contributed by atoms with Crippen LogP contribution < -0.4 is 0 Å². The molecule has 0 spiro atoms. The van der Waals surface area contributed by atoms with E-state index in [1.54, 1.807) is 0 Å². The molecular weight excluding hydrogens is 188 g/mol. The molecule has 0 saturated carbocycles. The minimum absolute atomic E-state index is 0.0952. The largest absolute Gasteiger partial charge is 0.499 e. The maximum Gasteiger partial charge on any atom is 0.168 e. The van der Waals surface area contributed by atoms with Crippen LogP contribution in [0.25, 0.3) is 0 Å². The molecule has 0 aliphatic heterocycles. The Kier molecular flexibility index (Phi) is 5.97. The second-order valence-electron chi connectivity index (χ2n) is 2.57. The normalized spacial score (nSPS) is 12.8. The van der Waals surface area contributed by atoms with Gasteiger partial charge in [-0.1, -0.05) is 12.7 Å². The lowest BCUT2D eigenvalue weighted by Gasteiger charge is -2.01. The molecule has 0 aromatic rings. The first-order chi connectivity index (χ1) is 6.07. The Morgan fingerprint density at radius 1 is 1.46 bits per heavy atom. The summed E-state index contributed by atoms with van der Waals surface area (Å²) in [6.45, 7) is 7.14. The van der Waals surface area contributed by atoms with Crippen LogP contribution in [0, 0.1) is 0 Å². The van der Waals surface area contributed by atoms with Crippen LogP contribution in [0.15, 0.2) is 36.0 Å². The zero-order valence-electron chi connectivity index (χ0n) is 7.77. The molecule has 0 heterocycles. The Balaban J connectivity index is 4.22. The molecule has 0 bridgehead atoms. The van der Waals surface area contributed by atoms with Gasteiger partial charge in [-0.15, -0.1) is 0 Å². The van der Waals surface area contributed by atoms with Crippen LogP contribution in [0.5, 0.6) is 0 Å². The number of hydrogen-bond acceptors (Lipinski definition) is 3. The van der Waals surface area contributed by atoms with Gasteiger partial charge in [0.05, 0.1) is 17.3 Å². The van der Waals surface area contributed by atoms with E-state index in [1.165, 1.54) is 24.5 Å². The predicted molar refractivity (Wildman–Crippen MR) is 54.0 cm³/mol. The van der Waals surface area contributed by atoms with Gasteiger partial charge in [-0.05, 0) is 26.0 Å². The van der Waals surface area contributed by atoms with Crippen LogP contribution in [0.2, 0.25) is 0 Å². The van der Waals surface area contributed by atoms with E-state index in [0.29, 0.717) is 0 Å². The third-order valence-corrected chi connectivity index (χ3v) is 1.87. The summed E-state index contributed by atoms with van der Waals surface area (Å²) < 4.78 is 26.0. The Labute approximate surface area is 80.4 Å². The highest BCUT2D eigenvalue weighted by molar-refractivity contribution is 7.77. The van der Waals surface area contributed by atoms with Crippen molar-refractivity contribution in [2.75, 3.05) is 0 Å². The molecule has 0 radical (unpaired) electrons. The number of thiol groups is 1. The van der Waals surface area contributed by atoms with Crippen molar-refractivity contribution in [2.45, 2.75) is 20.0 Å². The van der Waals surface area contributed by atoms with Crippen LogP contribution >= 0.6 is 0 Å². The van der Waals surface area contributed by atoms with Gasteiger partial charge in [0.1, 0.15) is 0 Å². The van der Waals surface area contributed by atoms with E-state index in [9.17, 15) is 8.42 Å². The van der Waals surface area contributed by atoms with E-state index >= 15 is 0 Å². The van der Waals surface area contributed by atoms with E-state index < -0.39 is 10.7 Å². The van der Waals surface area contributed by atoms with Gasteiger partial charge in [-0.25, -0.2) is 8.42 Å². The van der Waals surface area contributed by atoms with Gasteiger partial charge in [-0.2, -0.15) is 0 Å². The lowest BCUT2D eigenvalue weighted by Crippen LogP contribution is -1.94. The smallest absolute Gasteiger partial charge is 0.168 e. The van der Waals surface area contributed by atoms with Gasteiger partial charge in [0, 0.05) is 0 Å². The first-order valence-electron chi connectivity index (χ1n) is 3.87. The summed E-state index contributed by atoms with van der Waals surface area (Å²) in [5.74, 6) is 0. The van der Waals surface area contributed by atoms with Crippen molar-refractivity contribution in [3.05, 3.63) is 36.0 Å². The fraction of sp³-hybridized carbons (Fsp3) is 0.333. The van der Waals surface area contributed by atoms with Crippen LogP contribution in [0.1, 0.15) is 13.8 Å². The zero-order valence-corrected chi connectivity index (χ0v) is 8.66. The number of ether oxygens (including phenoxy) is 1. The first kappa shape index (κ1) is 12.0. The molecule has 0 saturated heterocycles. The summed E-state index contributed by atoms with van der Waals surface area (Å²) in [7, 11) is -2.56. The number of hydrogen-bond donors (Lipinski definition) is 1. The van der Waals surface area contributed by atoms with Crippen LogP contribution in [0.3, 0.4) is 0 Å². The molecule has 0 aromatic heterocycles. The standard InChI is InChI=1S/C9H14O3S/c1-4-9(13(10)11)6-5-7-12-8(2)3/h4-8,13H,1H2,2-3H3/b7-5+,9-6+. The summed E-state index contributed by atoms with van der Waals surface area (Å²) in [6, 6.07) is 0. The minimum atomic E-state index is -2.56. The average molecular weight is 202 g/mol. The third-order valence-electron chi connectivity index (χ3n) is 1.12. The maximum atomic E-state index is 10.5. The molecule has 74 valence electrons. The van der Waals surface area contributed by atoms with Gasteiger partial charge < -0.3 is 4.74 Å². The van der Waals surface area contributed by atoms with E-state index in [-0.39, 0.29) is 11.0 Å². The minimum Gasteiger partial charge on any atom is -0.499 e. The molecule has 0 aromatic carbocycles. The Hall–Kier alpha value is -1.03. The summed E-state index contributed by atoms with van der Waals surface area (Å²) in [5.41, 5.74) is 0. The van der Waals surface area contributed by atoms with Crippen molar-refractivity contribution in [1.29, 1.82) is 0 Å². The van der Waals surface area contributed by atoms with Crippen LogP contribution in [0.4, 0.5) is 0 Å². The number of allylic oxidation sites excluding steroid dienone is 3. The maximum absolute atomic E-state index is 10.5. The fourth-order valence-electron chi connectivity index (χ4n) is 0.544. The average Bonchev–Trinajstić information content (AvgIpc) is 2.03. The second-order valence-corrected chi connectivity index (χ2v) is 3.60. The SMILES string of the molecule is C=C/C(=C\C=C\OC(C)C)[SH](=O)=O. The summed E-state index contributed by atoms with van der Waals surface area (Å²) >= 11 is 0. The summed E-state index contributed by atoms with van der Waals surface area (Å²) in [5, 5.41) is 0. The van der Waals surface area contributed by atoms with Crippen molar-refractivity contribution in [1.82, 2.24) is 0 Å². The Morgan fingerprint density at radius 2 is 2.08 bits per heavy atom. The molecule has 0 rings (SSSR count). The van der Waals surface area contributed by atoms with Gasteiger partial charge in [0.15, 0.2) is 10.7 Å². The van der Waals surface area contributed by atoms with E-state index in [1.807, 2.05) is 13.8 Å². The van der Waals surface area contributed by atoms with Crippen molar-refractivity contribution >= 4 is 10.7 Å². The Bertz CT molecular complexity index is 277. The molecule has 0 atom stereocenters. The zero-order chi connectivity index (χ0) is 10.3. The molecule has 0 fully saturated rings. The van der Waals surface area contributed by atoms with E-state index in [4.69, 9.17) is 4.74 Å². The third kappa shape index (κ3) is 6.16. The van der Waals surface area contributed by atoms with Gasteiger partial charge in [-0.3, -0.25) is 0 Å². The van der Waals surface area contributed by atoms with Crippen molar-refractivity contribution in [2.24, 2.45) is 0 Å². The van der Waals surface area contributed by atoms with E-state index in [0.717, 1.165) is 0 Å². The Morgan fingerprint density at radius 3 is 2.46 bits per heavy atom. The first-order valence-corrected chi connectivity index (χ1v) is 5.04. The summed E-state index contributed by atoms with van der Waals surface area (Å²) in [4.78, 5) is 0.179. The van der Waals surface area contributed by atoms with Crippen molar-refractivity contribution < 1.29 is 13.2 Å². The molecule has 0 unspecified atom stereocenters. The van der Waals surface area contributed by atoms with E-state index in [2.05, 4.69) is 6.58 Å². The van der Waals surface area contributed by atoms with Crippen LogP contribution in [-0.4, -0.2) is 14.5 Å². The monoisotopic (exact) mass is 202 g/mol. The quantitative estimate of drug-likeness (QED) is 0.418. The van der Waals surface area contributed by atoms with Crippen LogP contribution in [-0.2, 0) is 15.4 Å². The molecule has 0 aliphatic carbocycles. The summed E-state index contributed by atoms with van der Waals surface area (Å²) in [6.07, 6.45) is 5.79. The van der Waals surface area contributed by atoms with Gasteiger partial charge in [0.2, 0.25) is 0 Å². The molecule has 13 heavy (non-hydrogen) atoms. The van der Waals surface area contributed by atoms with Crippen molar-refractivity contribution in [3.63, 3.8) is 0 Å². The fourth-order valence-corrected chi connectivity index (χ4v) is 0.901. The van der Waals surface area contributed by atoms with Crippen molar-refractivity contribution in [3.8, 4) is 0 Å². The lowest BCUT2D eigenvalue weighted by atomic mass is 10.4. The molecule has 3 nitrogen and oxygen atoms in total. The molecule has 0 N–H and O–H groups in total. The second kappa shape index (κ2) is 6.48. The highest BCUT2D eigenvalue weighted by Crippen LogP contribution is 1.97. The topological polar surface area (TPSA) is 43.4 Å². The molecule has 4 heteroatoms. The van der Waals surface area contributed by atoms with Gasteiger partial charge in [0.25, 0.3) is 0 Å². The highest BCUT2D eigenvalue weighted by Gasteiger charge is 1.89. The molecule has 0 aliphatic rings. The molecular formula is C9H14O3S.